The topological polar surface area (TPSA) is 26.3 Å². The first-order valence-corrected chi connectivity index (χ1v) is 6.24. The highest BCUT2D eigenvalue weighted by Gasteiger charge is 2.52. The van der Waals surface area contributed by atoms with Gasteiger partial charge in [0.2, 0.25) is 6.10 Å². The van der Waals surface area contributed by atoms with Crippen molar-refractivity contribution in [2.45, 2.75) is 35.8 Å². The number of carbonyl (C=O) groups excluding carboxylic acids is 1. The molecule has 0 amide bonds. The molecule has 0 spiro atoms. The fourth-order valence-electron chi connectivity index (χ4n) is 1.71. The first kappa shape index (κ1) is 13.3. The number of hydrogen-bond donors (Lipinski definition) is 0. The van der Waals surface area contributed by atoms with E-state index in [4.69, 9.17) is 0 Å². The Morgan fingerprint density at radius 3 is 2.44 bits per heavy atom. The van der Waals surface area contributed by atoms with Crippen molar-refractivity contribution < 1.29 is 22.7 Å². The minimum absolute atomic E-state index is 0.206. The van der Waals surface area contributed by atoms with E-state index in [1.807, 2.05) is 19.1 Å². The standard InChI is InChI=1S/C12H11F3O2S/c1-7-2-4-8(5-3-7)18-9-6-10(16)17-11(9)12(13,14)15/h2-5,9,11H,6H2,1H3/t9-,11-/m0/s1. The van der Waals surface area contributed by atoms with Crippen LogP contribution in [-0.2, 0) is 9.53 Å². The summed E-state index contributed by atoms with van der Waals surface area (Å²) in [6, 6.07) is 7.14. The van der Waals surface area contributed by atoms with Crippen LogP contribution in [0, 0.1) is 6.92 Å². The number of thioether (sulfide) groups is 1. The van der Waals surface area contributed by atoms with Crippen LogP contribution in [0.3, 0.4) is 0 Å². The average molecular weight is 276 g/mol. The number of halogens is 3. The molecule has 1 heterocycles. The molecule has 1 fully saturated rings. The first-order chi connectivity index (χ1) is 8.36. The minimum atomic E-state index is -4.51. The van der Waals surface area contributed by atoms with Crippen molar-refractivity contribution in [3.63, 3.8) is 0 Å². The van der Waals surface area contributed by atoms with E-state index in [9.17, 15) is 18.0 Å². The van der Waals surface area contributed by atoms with Crippen LogP contribution in [0.4, 0.5) is 13.2 Å². The molecule has 1 aromatic carbocycles. The van der Waals surface area contributed by atoms with Gasteiger partial charge in [-0.3, -0.25) is 4.79 Å². The highest BCUT2D eigenvalue weighted by molar-refractivity contribution is 8.00. The van der Waals surface area contributed by atoms with Gasteiger partial charge in [0, 0.05) is 4.90 Å². The van der Waals surface area contributed by atoms with E-state index in [1.54, 1.807) is 12.1 Å². The van der Waals surface area contributed by atoms with Crippen molar-refractivity contribution in [1.29, 1.82) is 0 Å². The van der Waals surface area contributed by atoms with Gasteiger partial charge >= 0.3 is 12.1 Å². The smallest absolute Gasteiger partial charge is 0.426 e. The summed E-state index contributed by atoms with van der Waals surface area (Å²) >= 11 is 1.03. The van der Waals surface area contributed by atoms with E-state index < -0.39 is 23.5 Å². The Kier molecular flexibility index (Phi) is 3.56. The zero-order chi connectivity index (χ0) is 13.3. The van der Waals surface area contributed by atoms with Gasteiger partial charge in [0.05, 0.1) is 11.7 Å². The fourth-order valence-corrected chi connectivity index (χ4v) is 2.91. The predicted molar refractivity (Wildman–Crippen MR) is 61.4 cm³/mol. The maximum absolute atomic E-state index is 12.7. The molecule has 0 unspecified atom stereocenters. The van der Waals surface area contributed by atoms with Crippen molar-refractivity contribution in [3.8, 4) is 0 Å². The SMILES string of the molecule is Cc1ccc(S[C@H]2CC(=O)O[C@@H]2C(F)(F)F)cc1. The molecule has 1 aliphatic rings. The zero-order valence-electron chi connectivity index (χ0n) is 9.53. The number of esters is 1. The van der Waals surface area contributed by atoms with Crippen molar-refractivity contribution >= 4 is 17.7 Å². The number of alkyl halides is 3. The Balaban J connectivity index is 2.12. The number of ether oxygens (including phenoxy) is 1. The summed E-state index contributed by atoms with van der Waals surface area (Å²) in [7, 11) is 0. The summed E-state index contributed by atoms with van der Waals surface area (Å²) < 4.78 is 42.3. The third-order valence-electron chi connectivity index (χ3n) is 2.59. The number of carbonyl (C=O) groups is 1. The van der Waals surface area contributed by atoms with E-state index in [2.05, 4.69) is 4.74 Å². The van der Waals surface area contributed by atoms with Crippen molar-refractivity contribution in [1.82, 2.24) is 0 Å². The van der Waals surface area contributed by atoms with E-state index >= 15 is 0 Å². The normalized spacial score (nSPS) is 24.1. The van der Waals surface area contributed by atoms with Crippen molar-refractivity contribution in [2.75, 3.05) is 0 Å². The molecule has 98 valence electrons. The van der Waals surface area contributed by atoms with E-state index in [0.717, 1.165) is 17.3 Å². The van der Waals surface area contributed by atoms with Crippen LogP contribution < -0.4 is 0 Å². The summed E-state index contributed by atoms with van der Waals surface area (Å²) in [6.45, 7) is 1.90. The van der Waals surface area contributed by atoms with E-state index in [1.165, 1.54) is 0 Å². The Bertz CT molecular complexity index is 442. The molecule has 2 nitrogen and oxygen atoms in total. The molecular formula is C12H11F3O2S. The Hall–Kier alpha value is -1.17. The zero-order valence-corrected chi connectivity index (χ0v) is 10.3. The van der Waals surface area contributed by atoms with Gasteiger partial charge in [-0.2, -0.15) is 13.2 Å². The lowest BCUT2D eigenvalue weighted by Gasteiger charge is -2.19. The molecular weight excluding hydrogens is 265 g/mol. The first-order valence-electron chi connectivity index (χ1n) is 5.36. The molecule has 1 aromatic rings. The Morgan fingerprint density at radius 2 is 1.89 bits per heavy atom. The maximum atomic E-state index is 12.7. The minimum Gasteiger partial charge on any atom is -0.451 e. The molecule has 2 rings (SSSR count). The number of aryl methyl sites for hydroxylation is 1. The van der Waals surface area contributed by atoms with Crippen LogP contribution in [0.25, 0.3) is 0 Å². The largest absolute Gasteiger partial charge is 0.451 e. The average Bonchev–Trinajstić information content (AvgIpc) is 2.63. The van der Waals surface area contributed by atoms with Crippen LogP contribution in [0.2, 0.25) is 0 Å². The summed E-state index contributed by atoms with van der Waals surface area (Å²) in [5, 5.41) is -0.903. The van der Waals surface area contributed by atoms with Crippen LogP contribution in [0.15, 0.2) is 29.2 Å². The molecule has 0 aromatic heterocycles. The van der Waals surface area contributed by atoms with Gasteiger partial charge in [-0.05, 0) is 19.1 Å². The van der Waals surface area contributed by atoms with Crippen LogP contribution in [0.1, 0.15) is 12.0 Å². The van der Waals surface area contributed by atoms with Gasteiger partial charge in [0.15, 0.2) is 0 Å². The number of cyclic esters (lactones) is 1. The van der Waals surface area contributed by atoms with E-state index in [0.29, 0.717) is 4.90 Å². The number of benzene rings is 1. The van der Waals surface area contributed by atoms with Gasteiger partial charge in [0.1, 0.15) is 0 Å². The fraction of sp³-hybridized carbons (Fsp3) is 0.417. The van der Waals surface area contributed by atoms with Crippen LogP contribution in [0.5, 0.6) is 0 Å². The predicted octanol–water partition coefficient (Wildman–Crippen LogP) is 3.33. The summed E-state index contributed by atoms with van der Waals surface area (Å²) in [5.41, 5.74) is 1.03. The lowest BCUT2D eigenvalue weighted by molar-refractivity contribution is -0.207. The Labute approximate surface area is 107 Å². The van der Waals surface area contributed by atoms with Gasteiger partial charge in [0.25, 0.3) is 0 Å². The summed E-state index contributed by atoms with van der Waals surface area (Å²) in [4.78, 5) is 11.7. The highest BCUT2D eigenvalue weighted by Crippen LogP contribution is 2.40. The quantitative estimate of drug-likeness (QED) is 0.775. The maximum Gasteiger partial charge on any atom is 0.426 e. The van der Waals surface area contributed by atoms with Gasteiger partial charge < -0.3 is 4.74 Å². The van der Waals surface area contributed by atoms with E-state index in [-0.39, 0.29) is 6.42 Å². The second-order valence-electron chi connectivity index (χ2n) is 4.13. The molecule has 0 saturated carbocycles. The molecule has 1 saturated heterocycles. The molecule has 0 bridgehead atoms. The molecule has 1 aliphatic heterocycles. The molecule has 2 atom stereocenters. The third kappa shape index (κ3) is 2.98. The monoisotopic (exact) mass is 276 g/mol. The lowest BCUT2D eigenvalue weighted by atomic mass is 10.2. The third-order valence-corrected chi connectivity index (χ3v) is 3.86. The lowest BCUT2D eigenvalue weighted by Crippen LogP contribution is -2.35. The van der Waals surface area contributed by atoms with Gasteiger partial charge in [-0.15, -0.1) is 11.8 Å². The molecule has 0 aliphatic carbocycles. The van der Waals surface area contributed by atoms with Crippen molar-refractivity contribution in [3.05, 3.63) is 29.8 Å². The number of hydrogen-bond acceptors (Lipinski definition) is 3. The van der Waals surface area contributed by atoms with Crippen molar-refractivity contribution in [2.24, 2.45) is 0 Å². The molecule has 18 heavy (non-hydrogen) atoms. The van der Waals surface area contributed by atoms with Gasteiger partial charge in [-0.1, -0.05) is 17.7 Å². The van der Waals surface area contributed by atoms with Gasteiger partial charge in [-0.25, -0.2) is 0 Å². The molecule has 6 heteroatoms. The highest BCUT2D eigenvalue weighted by atomic mass is 32.2. The van der Waals surface area contributed by atoms with Crippen LogP contribution in [-0.4, -0.2) is 23.5 Å². The number of rotatable bonds is 2. The summed E-state index contributed by atoms with van der Waals surface area (Å²) in [5.74, 6) is -0.790. The van der Waals surface area contributed by atoms with Crippen LogP contribution >= 0.6 is 11.8 Å². The Morgan fingerprint density at radius 1 is 1.28 bits per heavy atom. The second-order valence-corrected chi connectivity index (χ2v) is 5.44. The summed E-state index contributed by atoms with van der Waals surface area (Å²) in [6.07, 6.45) is -6.71. The molecule has 0 N–H and O–H groups in total. The molecule has 0 radical (unpaired) electrons. The second kappa shape index (κ2) is 4.84.